The summed E-state index contributed by atoms with van der Waals surface area (Å²) in [4.78, 5) is 32.3. The van der Waals surface area contributed by atoms with E-state index in [1.54, 1.807) is 36.3 Å². The number of aryl methyl sites for hydroxylation is 1. The number of carbonyl (C=O) groups excluding carboxylic acids is 2. The molecular formula is C36H50F3N3O6. The third-order valence-corrected chi connectivity index (χ3v) is 10.3. The fraction of sp³-hybridized carbons (Fsp3) is 0.639. The van der Waals surface area contributed by atoms with E-state index in [1.165, 1.54) is 13.2 Å². The molecule has 2 aromatic rings. The molecule has 12 heteroatoms. The first-order chi connectivity index (χ1) is 22.9. The minimum absolute atomic E-state index is 0. The highest BCUT2D eigenvalue weighted by atomic mass is 19.4. The van der Waals surface area contributed by atoms with Gasteiger partial charge in [0.05, 0.1) is 48.7 Å². The Labute approximate surface area is 282 Å². The molecule has 1 N–H and O–H groups in total. The number of esters is 1. The van der Waals surface area contributed by atoms with Gasteiger partial charge in [0.15, 0.2) is 0 Å². The molecule has 4 atom stereocenters. The number of alkyl halides is 3. The van der Waals surface area contributed by atoms with Crippen LogP contribution in [-0.4, -0.2) is 80.5 Å². The summed E-state index contributed by atoms with van der Waals surface area (Å²) in [5.74, 6) is 0.121. The number of pyridine rings is 1. The first-order valence-electron chi connectivity index (χ1n) is 17.0. The predicted octanol–water partition coefficient (Wildman–Crippen LogP) is 6.01. The zero-order valence-electron chi connectivity index (χ0n) is 28.4. The number of rotatable bonds is 12. The number of benzene rings is 1. The average Bonchev–Trinajstić information content (AvgIpc) is 3.52. The Hall–Kier alpha value is -3.22. The Morgan fingerprint density at radius 3 is 2.73 bits per heavy atom. The summed E-state index contributed by atoms with van der Waals surface area (Å²) in [6, 6.07) is 8.11. The topological polar surface area (TPSA) is 99.2 Å². The number of ether oxygens (including phenoxy) is 4. The maximum Gasteiger partial charge on any atom is 0.418 e. The third-order valence-electron chi connectivity index (χ3n) is 10.3. The molecule has 266 valence electrons. The van der Waals surface area contributed by atoms with Gasteiger partial charge in [-0.05, 0) is 80.7 Å². The minimum Gasteiger partial charge on any atom is -0.494 e. The Bertz CT molecular complexity index is 1440. The fourth-order valence-corrected chi connectivity index (χ4v) is 7.48. The number of unbranched alkanes of at least 4 members (excludes halogenated alkanes) is 1. The normalized spacial score (nSPS) is 24.4. The van der Waals surface area contributed by atoms with E-state index in [0.717, 1.165) is 19.3 Å². The van der Waals surface area contributed by atoms with Crippen LogP contribution in [0.2, 0.25) is 0 Å². The first-order valence-corrected chi connectivity index (χ1v) is 17.0. The zero-order valence-corrected chi connectivity index (χ0v) is 28.4. The van der Waals surface area contributed by atoms with Crippen LogP contribution in [0.1, 0.15) is 86.7 Å². The molecule has 0 spiro atoms. The van der Waals surface area contributed by atoms with Crippen LogP contribution in [0.3, 0.4) is 0 Å². The van der Waals surface area contributed by atoms with Crippen molar-refractivity contribution in [3.05, 3.63) is 58.4 Å². The van der Waals surface area contributed by atoms with E-state index in [9.17, 15) is 22.8 Å². The summed E-state index contributed by atoms with van der Waals surface area (Å²) in [5, 5.41) is 3.74. The van der Waals surface area contributed by atoms with E-state index in [4.69, 9.17) is 18.9 Å². The smallest absolute Gasteiger partial charge is 0.418 e. The lowest BCUT2D eigenvalue weighted by atomic mass is 9.74. The highest BCUT2D eigenvalue weighted by Gasteiger charge is 2.50. The quantitative estimate of drug-likeness (QED) is 0.216. The van der Waals surface area contributed by atoms with Crippen LogP contribution >= 0.6 is 0 Å². The van der Waals surface area contributed by atoms with Gasteiger partial charge in [0.2, 0.25) is 5.91 Å². The lowest BCUT2D eigenvalue weighted by molar-refractivity contribution is -0.146. The van der Waals surface area contributed by atoms with Crippen molar-refractivity contribution in [2.75, 3.05) is 40.6 Å². The van der Waals surface area contributed by atoms with Gasteiger partial charge in [0.25, 0.3) is 0 Å². The van der Waals surface area contributed by atoms with Gasteiger partial charge in [-0.3, -0.25) is 9.78 Å². The molecule has 1 amide bonds. The second kappa shape index (κ2) is 15.6. The molecule has 0 bridgehead atoms. The maximum atomic E-state index is 14.3. The Kier molecular flexibility index (Phi) is 11.7. The van der Waals surface area contributed by atoms with E-state index < -0.39 is 23.1 Å². The number of hydrogen-bond acceptors (Lipinski definition) is 8. The summed E-state index contributed by atoms with van der Waals surface area (Å²) in [6.07, 6.45) is 0.0414. The highest BCUT2D eigenvalue weighted by Crippen LogP contribution is 2.47. The molecule has 2 fully saturated rings. The molecule has 1 saturated heterocycles. The maximum absolute atomic E-state index is 14.3. The zero-order chi connectivity index (χ0) is 34.5. The van der Waals surface area contributed by atoms with Crippen LogP contribution in [0.4, 0.5) is 13.2 Å². The number of nitrogens with zero attached hydrogens (tertiary/aromatic N) is 2. The van der Waals surface area contributed by atoms with Crippen LogP contribution in [0.15, 0.2) is 30.3 Å². The van der Waals surface area contributed by atoms with Gasteiger partial charge in [-0.15, -0.1) is 0 Å². The van der Waals surface area contributed by atoms with Crippen molar-refractivity contribution in [3.8, 4) is 5.75 Å². The third kappa shape index (κ3) is 8.14. The fourth-order valence-electron chi connectivity index (χ4n) is 7.48. The van der Waals surface area contributed by atoms with Gasteiger partial charge in [0, 0.05) is 52.4 Å². The standard InChI is InChI=1S/C36H48F3N3O6.H2/c1-23(2)35(14-11-26(20-35)40-31-13-17-47-22-32(31)45-3)34(44)42-15-12-29-25(21-42)19-28(36(37,38)39)30(41-29)10-5-6-16-48-27-9-7-8-24(18-27)33(43)46-4;/h7-9,18-19,23,26,31-32,40H,5-6,10-17,20-22H2,1-4H3;1H/t26-,31+,32-,35+;/m1./s1. The number of amides is 1. The van der Waals surface area contributed by atoms with Crippen molar-refractivity contribution < 1.29 is 43.1 Å². The lowest BCUT2D eigenvalue weighted by Crippen LogP contribution is -2.52. The molecule has 3 heterocycles. The van der Waals surface area contributed by atoms with E-state index in [1.807, 2.05) is 0 Å². The Morgan fingerprint density at radius 1 is 1.19 bits per heavy atom. The summed E-state index contributed by atoms with van der Waals surface area (Å²) < 4.78 is 64.5. The monoisotopic (exact) mass is 677 g/mol. The molecule has 1 saturated carbocycles. The van der Waals surface area contributed by atoms with Gasteiger partial charge in [-0.25, -0.2) is 4.79 Å². The van der Waals surface area contributed by atoms with Gasteiger partial charge >= 0.3 is 12.1 Å². The van der Waals surface area contributed by atoms with Gasteiger partial charge in [0.1, 0.15) is 5.75 Å². The van der Waals surface area contributed by atoms with Crippen molar-refractivity contribution in [1.82, 2.24) is 15.2 Å². The molecule has 2 aliphatic heterocycles. The molecular weight excluding hydrogens is 627 g/mol. The number of aromatic nitrogens is 1. The molecule has 9 nitrogen and oxygen atoms in total. The molecule has 1 aromatic carbocycles. The molecule has 0 radical (unpaired) electrons. The van der Waals surface area contributed by atoms with Crippen LogP contribution < -0.4 is 10.1 Å². The molecule has 3 aliphatic rings. The SMILES string of the molecule is COC(=O)c1cccc(OCCCCc2nc3c(cc2C(F)(F)F)CN(C(=O)[C@@]2(C(C)C)CC[C@@H](N[C@H]4CCOC[C@H]4OC)C2)CC3)c1.[HH]. The number of carbonyl (C=O) groups is 2. The Morgan fingerprint density at radius 2 is 2.00 bits per heavy atom. The van der Waals surface area contributed by atoms with E-state index >= 15 is 0 Å². The second-order valence-corrected chi connectivity index (χ2v) is 13.5. The number of hydrogen-bond donors (Lipinski definition) is 1. The van der Waals surface area contributed by atoms with E-state index in [0.29, 0.717) is 68.0 Å². The van der Waals surface area contributed by atoms with Crippen molar-refractivity contribution in [2.24, 2.45) is 11.3 Å². The summed E-state index contributed by atoms with van der Waals surface area (Å²) in [7, 11) is 2.99. The average molecular weight is 678 g/mol. The Balaban J connectivity index is 0.00000541. The largest absolute Gasteiger partial charge is 0.494 e. The van der Waals surface area contributed by atoms with Crippen LogP contribution in [0, 0.1) is 11.3 Å². The number of fused-ring (bicyclic) bond motifs is 1. The lowest BCUT2D eigenvalue weighted by Gasteiger charge is -2.40. The molecule has 1 aromatic heterocycles. The van der Waals surface area contributed by atoms with Crippen molar-refractivity contribution in [2.45, 2.75) is 96.1 Å². The molecule has 0 unspecified atom stereocenters. The van der Waals surface area contributed by atoms with E-state index in [-0.39, 0.29) is 56.7 Å². The van der Waals surface area contributed by atoms with Crippen LogP contribution in [0.5, 0.6) is 5.75 Å². The van der Waals surface area contributed by atoms with Gasteiger partial charge in [-0.1, -0.05) is 19.9 Å². The van der Waals surface area contributed by atoms with Crippen LogP contribution in [0.25, 0.3) is 0 Å². The highest BCUT2D eigenvalue weighted by molar-refractivity contribution is 5.89. The van der Waals surface area contributed by atoms with Crippen molar-refractivity contribution in [3.63, 3.8) is 0 Å². The predicted molar refractivity (Wildman–Crippen MR) is 175 cm³/mol. The van der Waals surface area contributed by atoms with Gasteiger partial charge in [-0.2, -0.15) is 13.2 Å². The van der Waals surface area contributed by atoms with E-state index in [2.05, 4.69) is 24.1 Å². The van der Waals surface area contributed by atoms with Crippen LogP contribution in [-0.2, 0) is 44.6 Å². The van der Waals surface area contributed by atoms with Gasteiger partial charge < -0.3 is 29.2 Å². The summed E-state index contributed by atoms with van der Waals surface area (Å²) in [5.41, 5.74) is 0.170. The minimum atomic E-state index is -4.57. The second-order valence-electron chi connectivity index (χ2n) is 13.5. The van der Waals surface area contributed by atoms with Crippen molar-refractivity contribution >= 4 is 11.9 Å². The molecule has 1 aliphatic carbocycles. The number of methoxy groups -OCH3 is 2. The molecule has 5 rings (SSSR count). The summed E-state index contributed by atoms with van der Waals surface area (Å²) >= 11 is 0. The molecule has 48 heavy (non-hydrogen) atoms. The van der Waals surface area contributed by atoms with Crippen molar-refractivity contribution in [1.29, 1.82) is 0 Å². The number of halogens is 3. The summed E-state index contributed by atoms with van der Waals surface area (Å²) in [6.45, 7) is 6.20. The first kappa shape index (κ1) is 36.1. The number of nitrogens with one attached hydrogen (secondary N) is 1.